The highest BCUT2D eigenvalue weighted by atomic mass is 16.2. The van der Waals surface area contributed by atoms with Gasteiger partial charge in [-0.15, -0.1) is 0 Å². The first-order valence-corrected chi connectivity index (χ1v) is 8.56. The maximum atomic E-state index is 12.6. The molecule has 3 heteroatoms. The molecule has 0 aliphatic heterocycles. The first-order valence-electron chi connectivity index (χ1n) is 8.56. The van der Waals surface area contributed by atoms with E-state index in [4.69, 9.17) is 5.73 Å². The fourth-order valence-corrected chi connectivity index (χ4v) is 3.95. The van der Waals surface area contributed by atoms with Crippen molar-refractivity contribution in [1.82, 2.24) is 5.32 Å². The molecule has 0 aromatic rings. The van der Waals surface area contributed by atoms with Crippen LogP contribution in [0.3, 0.4) is 0 Å². The second-order valence-corrected chi connectivity index (χ2v) is 7.40. The van der Waals surface area contributed by atoms with Gasteiger partial charge in [0.05, 0.1) is 5.41 Å². The molecule has 2 rings (SSSR count). The van der Waals surface area contributed by atoms with Crippen LogP contribution in [0.1, 0.15) is 65.2 Å². The van der Waals surface area contributed by atoms with Crippen LogP contribution >= 0.6 is 0 Å². The summed E-state index contributed by atoms with van der Waals surface area (Å²) >= 11 is 0. The smallest absolute Gasteiger partial charge is 0.227 e. The Morgan fingerprint density at radius 1 is 1.15 bits per heavy atom. The standard InChI is InChI=1S/C17H32N2O/c1-13-7-9-17(12-18,10-8-13)16(20)19-11-15-6-4-3-5-14(15)2/h13-15H,3-12,18H2,1-2H3,(H,19,20). The molecule has 2 fully saturated rings. The minimum absolute atomic E-state index is 0.227. The van der Waals surface area contributed by atoms with Gasteiger partial charge in [-0.3, -0.25) is 4.79 Å². The van der Waals surface area contributed by atoms with Crippen molar-refractivity contribution in [2.75, 3.05) is 13.1 Å². The molecule has 0 aromatic heterocycles. The summed E-state index contributed by atoms with van der Waals surface area (Å²) in [6, 6.07) is 0. The molecule has 2 aliphatic rings. The van der Waals surface area contributed by atoms with Gasteiger partial charge in [0.25, 0.3) is 0 Å². The average molecular weight is 280 g/mol. The zero-order chi connectivity index (χ0) is 14.6. The van der Waals surface area contributed by atoms with E-state index in [0.717, 1.165) is 44.1 Å². The molecule has 3 N–H and O–H groups in total. The number of nitrogens with two attached hydrogens (primary N) is 1. The molecule has 3 nitrogen and oxygen atoms in total. The van der Waals surface area contributed by atoms with Crippen LogP contribution in [-0.2, 0) is 4.79 Å². The van der Waals surface area contributed by atoms with Gasteiger partial charge < -0.3 is 11.1 Å². The Morgan fingerprint density at radius 2 is 1.80 bits per heavy atom. The quantitative estimate of drug-likeness (QED) is 0.831. The first-order chi connectivity index (χ1) is 9.57. The van der Waals surface area contributed by atoms with Crippen LogP contribution in [0.15, 0.2) is 0 Å². The molecular formula is C17H32N2O. The fourth-order valence-electron chi connectivity index (χ4n) is 3.95. The second kappa shape index (κ2) is 6.93. The Hall–Kier alpha value is -0.570. The molecule has 2 atom stereocenters. The molecular weight excluding hydrogens is 248 g/mol. The zero-order valence-corrected chi connectivity index (χ0v) is 13.3. The van der Waals surface area contributed by atoms with Crippen molar-refractivity contribution >= 4 is 5.91 Å². The van der Waals surface area contributed by atoms with Gasteiger partial charge in [0.15, 0.2) is 0 Å². The van der Waals surface area contributed by atoms with Gasteiger partial charge in [-0.25, -0.2) is 0 Å². The molecule has 0 spiro atoms. The van der Waals surface area contributed by atoms with Crippen LogP contribution in [0.4, 0.5) is 0 Å². The molecule has 116 valence electrons. The Balaban J connectivity index is 1.86. The molecule has 0 heterocycles. The first kappa shape index (κ1) is 15.8. The molecule has 0 radical (unpaired) electrons. The van der Waals surface area contributed by atoms with Crippen molar-refractivity contribution in [3.8, 4) is 0 Å². The van der Waals surface area contributed by atoms with E-state index in [1.165, 1.54) is 25.7 Å². The highest BCUT2D eigenvalue weighted by Crippen LogP contribution is 2.38. The number of carbonyl (C=O) groups excluding carboxylic acids is 1. The third-order valence-corrected chi connectivity index (χ3v) is 5.92. The molecule has 0 aromatic carbocycles. The van der Waals surface area contributed by atoms with E-state index >= 15 is 0 Å². The SMILES string of the molecule is CC1CCC(CN)(C(=O)NCC2CCCCC2C)CC1. The summed E-state index contributed by atoms with van der Waals surface area (Å²) in [5.41, 5.74) is 5.69. The van der Waals surface area contributed by atoms with Crippen molar-refractivity contribution < 1.29 is 4.79 Å². The third kappa shape index (κ3) is 3.55. The third-order valence-electron chi connectivity index (χ3n) is 5.92. The highest BCUT2D eigenvalue weighted by Gasteiger charge is 2.40. The van der Waals surface area contributed by atoms with Gasteiger partial charge >= 0.3 is 0 Å². The Bertz CT molecular complexity index is 321. The summed E-state index contributed by atoms with van der Waals surface area (Å²) in [5, 5.41) is 3.24. The monoisotopic (exact) mass is 280 g/mol. The lowest BCUT2D eigenvalue weighted by atomic mass is 9.70. The molecule has 2 aliphatic carbocycles. The van der Waals surface area contributed by atoms with E-state index in [9.17, 15) is 4.79 Å². The average Bonchev–Trinajstić information content (AvgIpc) is 2.47. The minimum atomic E-state index is -0.273. The van der Waals surface area contributed by atoms with E-state index < -0.39 is 0 Å². The van der Waals surface area contributed by atoms with E-state index in [0.29, 0.717) is 12.5 Å². The summed E-state index contributed by atoms with van der Waals surface area (Å²) in [7, 11) is 0. The summed E-state index contributed by atoms with van der Waals surface area (Å²) in [6.45, 7) is 5.97. The van der Waals surface area contributed by atoms with E-state index in [-0.39, 0.29) is 11.3 Å². The zero-order valence-electron chi connectivity index (χ0n) is 13.3. The topological polar surface area (TPSA) is 55.1 Å². The Morgan fingerprint density at radius 3 is 2.40 bits per heavy atom. The lowest BCUT2D eigenvalue weighted by molar-refractivity contribution is -0.133. The highest BCUT2D eigenvalue weighted by molar-refractivity contribution is 5.83. The van der Waals surface area contributed by atoms with Gasteiger partial charge in [0, 0.05) is 13.1 Å². The minimum Gasteiger partial charge on any atom is -0.355 e. The molecule has 0 saturated heterocycles. The number of amides is 1. The lowest BCUT2D eigenvalue weighted by Gasteiger charge is -2.38. The second-order valence-electron chi connectivity index (χ2n) is 7.40. The van der Waals surface area contributed by atoms with Crippen molar-refractivity contribution in [2.24, 2.45) is 28.9 Å². The Kier molecular flexibility index (Phi) is 5.48. The number of hydrogen-bond acceptors (Lipinski definition) is 2. The summed E-state index contributed by atoms with van der Waals surface area (Å²) in [6.07, 6.45) is 9.50. The number of rotatable bonds is 4. The predicted molar refractivity (Wildman–Crippen MR) is 83.3 cm³/mol. The van der Waals surface area contributed by atoms with Gasteiger partial charge in [-0.05, 0) is 49.9 Å². The van der Waals surface area contributed by atoms with Crippen LogP contribution in [-0.4, -0.2) is 19.0 Å². The molecule has 20 heavy (non-hydrogen) atoms. The van der Waals surface area contributed by atoms with Crippen LogP contribution < -0.4 is 11.1 Å². The van der Waals surface area contributed by atoms with Crippen molar-refractivity contribution in [3.05, 3.63) is 0 Å². The van der Waals surface area contributed by atoms with E-state index in [1.54, 1.807) is 0 Å². The number of hydrogen-bond donors (Lipinski definition) is 2. The van der Waals surface area contributed by atoms with Gasteiger partial charge in [0.2, 0.25) is 5.91 Å². The maximum Gasteiger partial charge on any atom is 0.227 e. The lowest BCUT2D eigenvalue weighted by Crippen LogP contribution is -2.49. The van der Waals surface area contributed by atoms with Crippen molar-refractivity contribution in [3.63, 3.8) is 0 Å². The predicted octanol–water partition coefficient (Wildman–Crippen LogP) is 3.08. The van der Waals surface area contributed by atoms with Gasteiger partial charge in [-0.2, -0.15) is 0 Å². The van der Waals surface area contributed by atoms with Crippen LogP contribution in [0, 0.1) is 23.2 Å². The van der Waals surface area contributed by atoms with Crippen molar-refractivity contribution in [2.45, 2.75) is 65.2 Å². The number of nitrogens with one attached hydrogen (secondary N) is 1. The summed E-state index contributed by atoms with van der Waals surface area (Å²) in [5.74, 6) is 2.40. The molecule has 2 unspecified atom stereocenters. The number of carbonyl (C=O) groups is 1. The van der Waals surface area contributed by atoms with Crippen LogP contribution in [0.25, 0.3) is 0 Å². The van der Waals surface area contributed by atoms with Crippen LogP contribution in [0.5, 0.6) is 0 Å². The normalized spacial score (nSPS) is 38.5. The molecule has 2 saturated carbocycles. The van der Waals surface area contributed by atoms with Crippen molar-refractivity contribution in [1.29, 1.82) is 0 Å². The van der Waals surface area contributed by atoms with E-state index in [1.807, 2.05) is 0 Å². The summed E-state index contributed by atoms with van der Waals surface area (Å²) in [4.78, 5) is 12.6. The maximum absolute atomic E-state index is 12.6. The molecule has 1 amide bonds. The van der Waals surface area contributed by atoms with E-state index in [2.05, 4.69) is 19.2 Å². The van der Waals surface area contributed by atoms with Crippen LogP contribution in [0.2, 0.25) is 0 Å². The Labute approximate surface area is 124 Å². The fraction of sp³-hybridized carbons (Fsp3) is 0.941. The summed E-state index contributed by atoms with van der Waals surface area (Å²) < 4.78 is 0. The van der Waals surface area contributed by atoms with Gasteiger partial charge in [0.1, 0.15) is 0 Å². The van der Waals surface area contributed by atoms with Gasteiger partial charge in [-0.1, -0.05) is 33.1 Å². The molecule has 0 bridgehead atoms. The largest absolute Gasteiger partial charge is 0.355 e.